The summed E-state index contributed by atoms with van der Waals surface area (Å²) < 4.78 is 0. The van der Waals surface area contributed by atoms with Crippen molar-refractivity contribution in [3.8, 4) is 12.3 Å². The molecule has 17 heavy (non-hydrogen) atoms. The van der Waals surface area contributed by atoms with Gasteiger partial charge in [0.25, 0.3) is 0 Å². The van der Waals surface area contributed by atoms with Gasteiger partial charge in [-0.1, -0.05) is 33.6 Å². The molecule has 4 nitrogen and oxygen atoms in total. The number of carboxylic acids is 1. The standard InChI is InChI=1S/C13H21NO3/c1-6-7-14(9-12(16)17)11(15)8-10(2)13(3,4)5/h1,10H,7-9H2,2-5H3,(H,16,17). The molecule has 0 saturated heterocycles. The molecule has 0 heterocycles. The van der Waals surface area contributed by atoms with E-state index in [1.165, 1.54) is 4.90 Å². The van der Waals surface area contributed by atoms with Gasteiger partial charge in [0.2, 0.25) is 5.91 Å². The second-order valence-corrected chi connectivity index (χ2v) is 5.32. The lowest BCUT2D eigenvalue weighted by Crippen LogP contribution is -2.38. The Morgan fingerprint density at radius 3 is 2.29 bits per heavy atom. The van der Waals surface area contributed by atoms with Crippen LogP contribution in [-0.4, -0.2) is 35.0 Å². The van der Waals surface area contributed by atoms with Crippen LogP contribution in [0.5, 0.6) is 0 Å². The number of terminal acetylenes is 1. The second kappa shape index (κ2) is 6.29. The number of nitrogens with zero attached hydrogens (tertiary/aromatic N) is 1. The summed E-state index contributed by atoms with van der Waals surface area (Å²) in [7, 11) is 0. The van der Waals surface area contributed by atoms with Crippen LogP contribution in [0.1, 0.15) is 34.1 Å². The number of hydrogen-bond donors (Lipinski definition) is 1. The summed E-state index contributed by atoms with van der Waals surface area (Å²) in [4.78, 5) is 23.7. The van der Waals surface area contributed by atoms with E-state index in [9.17, 15) is 9.59 Å². The molecule has 0 aliphatic heterocycles. The predicted octanol–water partition coefficient (Wildman–Crippen LogP) is 1.61. The van der Waals surface area contributed by atoms with Crippen LogP contribution in [0.25, 0.3) is 0 Å². The molecule has 0 aliphatic carbocycles. The molecule has 1 N–H and O–H groups in total. The first-order valence-corrected chi connectivity index (χ1v) is 5.61. The van der Waals surface area contributed by atoms with Crippen LogP contribution in [0.15, 0.2) is 0 Å². The van der Waals surface area contributed by atoms with Crippen LogP contribution in [0.3, 0.4) is 0 Å². The van der Waals surface area contributed by atoms with Crippen molar-refractivity contribution in [2.24, 2.45) is 11.3 Å². The molecule has 0 aromatic rings. The molecule has 0 rings (SSSR count). The number of aliphatic carboxylic acids is 1. The summed E-state index contributed by atoms with van der Waals surface area (Å²) in [6.07, 6.45) is 5.44. The summed E-state index contributed by atoms with van der Waals surface area (Å²) >= 11 is 0. The normalized spacial score (nSPS) is 12.6. The van der Waals surface area contributed by atoms with E-state index in [0.29, 0.717) is 6.42 Å². The van der Waals surface area contributed by atoms with Crippen molar-refractivity contribution in [3.63, 3.8) is 0 Å². The number of amides is 1. The van der Waals surface area contributed by atoms with Gasteiger partial charge in [-0.05, 0) is 11.3 Å². The molecule has 4 heteroatoms. The third-order valence-electron chi connectivity index (χ3n) is 2.92. The molecule has 0 aromatic heterocycles. The molecule has 1 atom stereocenters. The summed E-state index contributed by atoms with van der Waals surface area (Å²) in [5, 5.41) is 8.69. The molecular formula is C13H21NO3. The zero-order valence-corrected chi connectivity index (χ0v) is 11.0. The van der Waals surface area contributed by atoms with Crippen molar-refractivity contribution in [3.05, 3.63) is 0 Å². The van der Waals surface area contributed by atoms with Gasteiger partial charge in [-0.2, -0.15) is 0 Å². The largest absolute Gasteiger partial charge is 0.480 e. The lowest BCUT2D eigenvalue weighted by atomic mass is 9.80. The minimum Gasteiger partial charge on any atom is -0.480 e. The molecule has 0 aromatic carbocycles. The van der Waals surface area contributed by atoms with Gasteiger partial charge >= 0.3 is 5.97 Å². The van der Waals surface area contributed by atoms with Gasteiger partial charge in [0.05, 0.1) is 6.54 Å². The van der Waals surface area contributed by atoms with Gasteiger partial charge in [0, 0.05) is 6.42 Å². The van der Waals surface area contributed by atoms with Crippen molar-refractivity contribution >= 4 is 11.9 Å². The molecule has 0 fully saturated rings. The Morgan fingerprint density at radius 1 is 1.41 bits per heavy atom. The lowest BCUT2D eigenvalue weighted by Gasteiger charge is -2.28. The van der Waals surface area contributed by atoms with Crippen LogP contribution < -0.4 is 0 Å². The Bertz CT molecular complexity index is 323. The first kappa shape index (κ1) is 15.5. The Balaban J connectivity index is 4.54. The average Bonchev–Trinajstić information content (AvgIpc) is 2.14. The van der Waals surface area contributed by atoms with Crippen molar-refractivity contribution < 1.29 is 14.7 Å². The van der Waals surface area contributed by atoms with Gasteiger partial charge in [-0.3, -0.25) is 9.59 Å². The molecule has 0 saturated carbocycles. The number of hydrogen-bond acceptors (Lipinski definition) is 2. The third kappa shape index (κ3) is 5.96. The molecule has 96 valence electrons. The van der Waals surface area contributed by atoms with Gasteiger partial charge in [0.15, 0.2) is 0 Å². The van der Waals surface area contributed by atoms with Crippen molar-refractivity contribution in [1.82, 2.24) is 4.90 Å². The van der Waals surface area contributed by atoms with E-state index >= 15 is 0 Å². The fourth-order valence-electron chi connectivity index (χ4n) is 1.20. The maximum atomic E-state index is 11.9. The van der Waals surface area contributed by atoms with Crippen LogP contribution in [0, 0.1) is 23.7 Å². The summed E-state index contributed by atoms with van der Waals surface area (Å²) in [6.45, 7) is 7.84. The summed E-state index contributed by atoms with van der Waals surface area (Å²) in [5.74, 6) is 1.23. The quantitative estimate of drug-likeness (QED) is 0.741. The first-order chi connectivity index (χ1) is 7.68. The minimum atomic E-state index is -1.04. The SMILES string of the molecule is C#CCN(CC(=O)O)C(=O)CC(C)C(C)(C)C. The summed E-state index contributed by atoms with van der Waals surface area (Å²) in [5.41, 5.74) is 0.0146. The van der Waals surface area contributed by atoms with Gasteiger partial charge < -0.3 is 10.0 Å². The third-order valence-corrected chi connectivity index (χ3v) is 2.92. The van der Waals surface area contributed by atoms with Crippen LogP contribution in [-0.2, 0) is 9.59 Å². The van der Waals surface area contributed by atoms with E-state index in [4.69, 9.17) is 11.5 Å². The lowest BCUT2D eigenvalue weighted by molar-refractivity contribution is -0.144. The van der Waals surface area contributed by atoms with Crippen molar-refractivity contribution in [2.45, 2.75) is 34.1 Å². The number of carbonyl (C=O) groups excluding carboxylic acids is 1. The molecule has 1 unspecified atom stereocenters. The Kier molecular flexibility index (Phi) is 5.73. The van der Waals surface area contributed by atoms with Crippen molar-refractivity contribution in [2.75, 3.05) is 13.1 Å². The molecular weight excluding hydrogens is 218 g/mol. The fraction of sp³-hybridized carbons (Fsp3) is 0.692. The predicted molar refractivity (Wildman–Crippen MR) is 66.3 cm³/mol. The van der Waals surface area contributed by atoms with E-state index in [1.807, 2.05) is 27.7 Å². The van der Waals surface area contributed by atoms with Crippen LogP contribution >= 0.6 is 0 Å². The molecule has 0 bridgehead atoms. The smallest absolute Gasteiger partial charge is 0.323 e. The number of carbonyl (C=O) groups is 2. The Morgan fingerprint density at radius 2 is 1.94 bits per heavy atom. The van der Waals surface area contributed by atoms with Crippen LogP contribution in [0.4, 0.5) is 0 Å². The maximum absolute atomic E-state index is 11.9. The highest BCUT2D eigenvalue weighted by atomic mass is 16.4. The number of carboxylic acid groups (broad SMARTS) is 1. The fourth-order valence-corrected chi connectivity index (χ4v) is 1.20. The minimum absolute atomic E-state index is 0.0146. The second-order valence-electron chi connectivity index (χ2n) is 5.32. The van der Waals surface area contributed by atoms with Crippen LogP contribution in [0.2, 0.25) is 0 Å². The topological polar surface area (TPSA) is 57.6 Å². The molecule has 1 amide bonds. The highest BCUT2D eigenvalue weighted by molar-refractivity contribution is 5.81. The molecule has 0 spiro atoms. The molecule has 0 aliphatic rings. The molecule has 0 radical (unpaired) electrons. The Hall–Kier alpha value is -1.50. The van der Waals surface area contributed by atoms with E-state index in [-0.39, 0.29) is 30.3 Å². The van der Waals surface area contributed by atoms with E-state index in [2.05, 4.69) is 5.92 Å². The highest BCUT2D eigenvalue weighted by Crippen LogP contribution is 2.28. The Labute approximate surface area is 103 Å². The van der Waals surface area contributed by atoms with E-state index in [1.54, 1.807) is 0 Å². The van der Waals surface area contributed by atoms with Gasteiger partial charge in [-0.15, -0.1) is 6.42 Å². The van der Waals surface area contributed by atoms with Gasteiger partial charge in [-0.25, -0.2) is 0 Å². The highest BCUT2D eigenvalue weighted by Gasteiger charge is 2.25. The van der Waals surface area contributed by atoms with E-state index < -0.39 is 5.97 Å². The zero-order valence-electron chi connectivity index (χ0n) is 11.0. The number of rotatable bonds is 5. The van der Waals surface area contributed by atoms with E-state index in [0.717, 1.165) is 0 Å². The summed E-state index contributed by atoms with van der Waals surface area (Å²) in [6, 6.07) is 0. The maximum Gasteiger partial charge on any atom is 0.323 e. The van der Waals surface area contributed by atoms with Crippen molar-refractivity contribution in [1.29, 1.82) is 0 Å². The monoisotopic (exact) mass is 239 g/mol. The first-order valence-electron chi connectivity index (χ1n) is 5.61. The van der Waals surface area contributed by atoms with Gasteiger partial charge in [0.1, 0.15) is 6.54 Å². The average molecular weight is 239 g/mol. The zero-order chi connectivity index (χ0) is 13.6.